The van der Waals surface area contributed by atoms with Crippen LogP contribution in [0.3, 0.4) is 0 Å². The van der Waals surface area contributed by atoms with Crippen molar-refractivity contribution in [2.75, 3.05) is 20.2 Å². The molecule has 0 aliphatic rings. The minimum atomic E-state index is -0.394. The lowest BCUT2D eigenvalue weighted by Crippen LogP contribution is -2.34. The van der Waals surface area contributed by atoms with E-state index in [9.17, 15) is 9.59 Å². The second kappa shape index (κ2) is 6.62. The smallest absolute Gasteiger partial charge is 0.325 e. The normalized spacial score (nSPS) is 9.76. The Bertz CT molecular complexity index is 379. The molecule has 0 aliphatic heterocycles. The standard InChI is InChI=1S/C12H16N2O3/c1-3-17-12(16)9-14(2)11(15)7-10-5-4-6-13-8-10/h4-6,8H,3,7,9H2,1-2H3. The Hall–Kier alpha value is -1.91. The number of rotatable bonds is 5. The van der Waals surface area contributed by atoms with Crippen molar-refractivity contribution in [1.29, 1.82) is 0 Å². The summed E-state index contributed by atoms with van der Waals surface area (Å²) >= 11 is 0. The highest BCUT2D eigenvalue weighted by atomic mass is 16.5. The van der Waals surface area contributed by atoms with Crippen molar-refractivity contribution >= 4 is 11.9 Å². The molecule has 0 saturated heterocycles. The van der Waals surface area contributed by atoms with Crippen molar-refractivity contribution in [2.24, 2.45) is 0 Å². The molecular formula is C12H16N2O3. The van der Waals surface area contributed by atoms with Gasteiger partial charge in [0.05, 0.1) is 13.0 Å². The number of ether oxygens (including phenoxy) is 1. The van der Waals surface area contributed by atoms with Crippen LogP contribution in [0.15, 0.2) is 24.5 Å². The molecule has 1 amide bonds. The third-order valence-corrected chi connectivity index (χ3v) is 2.18. The third kappa shape index (κ3) is 4.63. The number of amides is 1. The maximum absolute atomic E-state index is 11.7. The summed E-state index contributed by atoms with van der Waals surface area (Å²) in [5.74, 6) is -0.527. The molecule has 1 aromatic rings. The molecule has 0 spiro atoms. The summed E-state index contributed by atoms with van der Waals surface area (Å²) in [6.07, 6.45) is 3.52. The van der Waals surface area contributed by atoms with Crippen LogP contribution in [0.25, 0.3) is 0 Å². The Labute approximate surface area is 100 Å². The Morgan fingerprint density at radius 1 is 1.47 bits per heavy atom. The molecule has 0 saturated carbocycles. The number of nitrogens with zero attached hydrogens (tertiary/aromatic N) is 2. The highest BCUT2D eigenvalue weighted by Gasteiger charge is 2.13. The molecule has 0 radical (unpaired) electrons. The van der Waals surface area contributed by atoms with Crippen molar-refractivity contribution in [3.63, 3.8) is 0 Å². The Balaban J connectivity index is 2.45. The van der Waals surface area contributed by atoms with Gasteiger partial charge in [0, 0.05) is 19.4 Å². The van der Waals surface area contributed by atoms with E-state index in [0.29, 0.717) is 6.61 Å². The van der Waals surface area contributed by atoms with Crippen LogP contribution in [0.5, 0.6) is 0 Å². The van der Waals surface area contributed by atoms with Crippen LogP contribution in [0.1, 0.15) is 12.5 Å². The molecule has 0 bridgehead atoms. The minimum absolute atomic E-state index is 0.0209. The van der Waals surface area contributed by atoms with E-state index in [1.54, 1.807) is 32.4 Å². The lowest BCUT2D eigenvalue weighted by molar-refractivity contribution is -0.147. The van der Waals surface area contributed by atoms with Crippen molar-refractivity contribution in [2.45, 2.75) is 13.3 Å². The number of esters is 1. The average molecular weight is 236 g/mol. The fraction of sp³-hybridized carbons (Fsp3) is 0.417. The minimum Gasteiger partial charge on any atom is -0.465 e. The van der Waals surface area contributed by atoms with E-state index in [0.717, 1.165) is 5.56 Å². The summed E-state index contributed by atoms with van der Waals surface area (Å²) in [6, 6.07) is 3.59. The highest BCUT2D eigenvalue weighted by molar-refractivity contribution is 5.83. The number of hydrogen-bond donors (Lipinski definition) is 0. The summed E-state index contributed by atoms with van der Waals surface area (Å²) in [6.45, 7) is 2.03. The summed E-state index contributed by atoms with van der Waals surface area (Å²) in [4.78, 5) is 28.2. The first kappa shape index (κ1) is 13.2. The zero-order valence-electron chi connectivity index (χ0n) is 10.0. The average Bonchev–Trinajstić information content (AvgIpc) is 2.30. The van der Waals surface area contributed by atoms with Gasteiger partial charge in [-0.2, -0.15) is 0 Å². The first-order valence-electron chi connectivity index (χ1n) is 5.42. The molecule has 5 heteroatoms. The van der Waals surface area contributed by atoms with Crippen LogP contribution in [-0.2, 0) is 20.7 Å². The number of likely N-dealkylation sites (N-methyl/N-ethyl adjacent to an activating group) is 1. The zero-order chi connectivity index (χ0) is 12.7. The van der Waals surface area contributed by atoms with E-state index in [2.05, 4.69) is 4.98 Å². The van der Waals surface area contributed by atoms with Gasteiger partial charge in [-0.3, -0.25) is 14.6 Å². The first-order chi connectivity index (χ1) is 8.13. The molecule has 0 N–H and O–H groups in total. The summed E-state index contributed by atoms with van der Waals surface area (Å²) in [5.41, 5.74) is 0.827. The van der Waals surface area contributed by atoms with Gasteiger partial charge < -0.3 is 9.64 Å². The van der Waals surface area contributed by atoms with Gasteiger partial charge in [-0.1, -0.05) is 6.07 Å². The van der Waals surface area contributed by atoms with Gasteiger partial charge in [0.15, 0.2) is 0 Å². The fourth-order valence-corrected chi connectivity index (χ4v) is 1.30. The zero-order valence-corrected chi connectivity index (χ0v) is 10.0. The summed E-state index contributed by atoms with van der Waals surface area (Å²) in [5, 5.41) is 0. The van der Waals surface area contributed by atoms with E-state index in [1.165, 1.54) is 4.90 Å². The number of hydrogen-bond acceptors (Lipinski definition) is 4. The largest absolute Gasteiger partial charge is 0.465 e. The van der Waals surface area contributed by atoms with Gasteiger partial charge in [0.2, 0.25) is 5.91 Å². The maximum Gasteiger partial charge on any atom is 0.325 e. The summed E-state index contributed by atoms with van der Waals surface area (Å²) < 4.78 is 4.77. The second-order valence-electron chi connectivity index (χ2n) is 3.59. The van der Waals surface area contributed by atoms with E-state index in [-0.39, 0.29) is 18.9 Å². The van der Waals surface area contributed by atoms with Crippen LogP contribution < -0.4 is 0 Å². The molecule has 1 rings (SSSR count). The fourth-order valence-electron chi connectivity index (χ4n) is 1.30. The van der Waals surface area contributed by atoms with Crippen LogP contribution in [0, 0.1) is 0 Å². The van der Waals surface area contributed by atoms with Crippen molar-refractivity contribution in [3.05, 3.63) is 30.1 Å². The van der Waals surface area contributed by atoms with Gasteiger partial charge in [-0.05, 0) is 18.6 Å². The number of aromatic nitrogens is 1. The van der Waals surface area contributed by atoms with E-state index in [1.807, 2.05) is 6.07 Å². The third-order valence-electron chi connectivity index (χ3n) is 2.18. The molecule has 1 aromatic heterocycles. The molecule has 92 valence electrons. The molecule has 0 aliphatic carbocycles. The molecule has 0 fully saturated rings. The van der Waals surface area contributed by atoms with Gasteiger partial charge in [0.1, 0.15) is 6.54 Å². The molecule has 17 heavy (non-hydrogen) atoms. The van der Waals surface area contributed by atoms with Crippen LogP contribution in [-0.4, -0.2) is 42.0 Å². The lowest BCUT2D eigenvalue weighted by Gasteiger charge is -2.15. The number of carbonyl (C=O) groups is 2. The Kier molecular flexibility index (Phi) is 5.13. The van der Waals surface area contributed by atoms with Crippen LogP contribution >= 0.6 is 0 Å². The van der Waals surface area contributed by atoms with E-state index >= 15 is 0 Å². The van der Waals surface area contributed by atoms with Gasteiger partial charge >= 0.3 is 5.97 Å². The predicted octanol–water partition coefficient (Wildman–Crippen LogP) is 0.646. The second-order valence-corrected chi connectivity index (χ2v) is 3.59. The van der Waals surface area contributed by atoms with Crippen molar-refractivity contribution in [1.82, 2.24) is 9.88 Å². The maximum atomic E-state index is 11.7. The van der Waals surface area contributed by atoms with Crippen LogP contribution in [0.4, 0.5) is 0 Å². The van der Waals surface area contributed by atoms with E-state index < -0.39 is 5.97 Å². The van der Waals surface area contributed by atoms with Crippen LogP contribution in [0.2, 0.25) is 0 Å². The molecule has 1 heterocycles. The molecule has 0 atom stereocenters. The van der Waals surface area contributed by atoms with E-state index in [4.69, 9.17) is 4.74 Å². The lowest BCUT2D eigenvalue weighted by atomic mass is 10.2. The summed E-state index contributed by atoms with van der Waals surface area (Å²) in [7, 11) is 1.58. The molecule has 5 nitrogen and oxygen atoms in total. The Morgan fingerprint density at radius 3 is 2.82 bits per heavy atom. The topological polar surface area (TPSA) is 59.5 Å². The molecule has 0 aromatic carbocycles. The quantitative estimate of drug-likeness (QED) is 0.704. The molecular weight excluding hydrogens is 220 g/mol. The number of pyridine rings is 1. The number of carbonyl (C=O) groups excluding carboxylic acids is 2. The SMILES string of the molecule is CCOC(=O)CN(C)C(=O)Cc1cccnc1. The highest BCUT2D eigenvalue weighted by Crippen LogP contribution is 2.00. The first-order valence-corrected chi connectivity index (χ1v) is 5.42. The molecule has 0 unspecified atom stereocenters. The van der Waals surface area contributed by atoms with Gasteiger partial charge in [-0.15, -0.1) is 0 Å². The van der Waals surface area contributed by atoms with Gasteiger partial charge in [-0.25, -0.2) is 0 Å². The monoisotopic (exact) mass is 236 g/mol. The predicted molar refractivity (Wildman–Crippen MR) is 62.2 cm³/mol. The van der Waals surface area contributed by atoms with Gasteiger partial charge in [0.25, 0.3) is 0 Å². The Morgan fingerprint density at radius 2 is 2.24 bits per heavy atom. The van der Waals surface area contributed by atoms with Crippen molar-refractivity contribution in [3.8, 4) is 0 Å². The van der Waals surface area contributed by atoms with Crippen molar-refractivity contribution < 1.29 is 14.3 Å².